The maximum Gasteiger partial charge on any atom is 0.148 e. The zero-order valence-corrected chi connectivity index (χ0v) is 10.3. The summed E-state index contributed by atoms with van der Waals surface area (Å²) in [5.41, 5.74) is 11.2. The molecule has 1 aromatic carbocycles. The second-order valence-corrected chi connectivity index (χ2v) is 4.25. The van der Waals surface area contributed by atoms with Crippen LogP contribution >= 0.6 is 0 Å². The lowest BCUT2D eigenvalue weighted by molar-refractivity contribution is 0.0457. The summed E-state index contributed by atoms with van der Waals surface area (Å²) in [6.07, 6.45) is 1.24. The van der Waals surface area contributed by atoms with Gasteiger partial charge in [-0.25, -0.2) is 4.39 Å². The van der Waals surface area contributed by atoms with Gasteiger partial charge in [-0.1, -0.05) is 13.8 Å². The van der Waals surface area contributed by atoms with Crippen molar-refractivity contribution in [3.63, 3.8) is 0 Å². The Kier molecular flexibility index (Phi) is 4.17. The highest BCUT2D eigenvalue weighted by Crippen LogP contribution is 2.25. The van der Waals surface area contributed by atoms with Gasteiger partial charge in [0.1, 0.15) is 5.82 Å². The molecule has 1 rings (SSSR count). The zero-order chi connectivity index (χ0) is 13.1. The van der Waals surface area contributed by atoms with Crippen LogP contribution in [0.15, 0.2) is 12.1 Å². The number of benzene rings is 1. The van der Waals surface area contributed by atoms with Crippen LogP contribution in [0.4, 0.5) is 21.5 Å². The molecule has 0 aliphatic rings. The predicted octanol–water partition coefficient (Wildman–Crippen LogP) is 1.95. The molecule has 6 N–H and O–H groups in total. The van der Waals surface area contributed by atoms with Crippen molar-refractivity contribution in [1.82, 2.24) is 0 Å². The average molecular weight is 241 g/mol. The molecule has 96 valence electrons. The Bertz CT molecular complexity index is 392. The lowest BCUT2D eigenvalue weighted by Gasteiger charge is -2.26. The first-order valence-corrected chi connectivity index (χ1v) is 5.72. The molecule has 0 heterocycles. The summed E-state index contributed by atoms with van der Waals surface area (Å²) in [7, 11) is 0. The van der Waals surface area contributed by atoms with E-state index in [2.05, 4.69) is 5.32 Å². The first-order chi connectivity index (χ1) is 7.91. The molecular formula is C12H20FN3O. The van der Waals surface area contributed by atoms with Crippen LogP contribution < -0.4 is 16.8 Å². The first kappa shape index (κ1) is 13.6. The van der Waals surface area contributed by atoms with Crippen LogP contribution in [0.25, 0.3) is 0 Å². The highest BCUT2D eigenvalue weighted by Gasteiger charge is 2.22. The molecule has 0 saturated carbocycles. The van der Waals surface area contributed by atoms with Crippen molar-refractivity contribution in [2.75, 3.05) is 23.3 Å². The quantitative estimate of drug-likeness (QED) is 0.594. The smallest absolute Gasteiger partial charge is 0.148 e. The van der Waals surface area contributed by atoms with Crippen molar-refractivity contribution in [3.8, 4) is 0 Å². The number of hydrogen-bond donors (Lipinski definition) is 4. The standard InChI is InChI=1S/C12H20FN3O/c1-3-12(17,4-2)7-16-11-5-8(13)9(14)6-10(11)15/h5-6,16-17H,3-4,7,14-15H2,1-2H3. The predicted molar refractivity (Wildman–Crippen MR) is 69.2 cm³/mol. The SMILES string of the molecule is CCC(O)(CC)CNc1cc(F)c(N)cc1N. The van der Waals surface area contributed by atoms with Crippen molar-refractivity contribution in [3.05, 3.63) is 17.9 Å². The van der Waals surface area contributed by atoms with E-state index >= 15 is 0 Å². The third-order valence-corrected chi connectivity index (χ3v) is 3.09. The van der Waals surface area contributed by atoms with Gasteiger partial charge in [0.2, 0.25) is 0 Å². The summed E-state index contributed by atoms with van der Waals surface area (Å²) in [4.78, 5) is 0. The minimum absolute atomic E-state index is 0.0225. The van der Waals surface area contributed by atoms with Crippen LogP contribution in [0.3, 0.4) is 0 Å². The molecule has 1 aromatic rings. The summed E-state index contributed by atoms with van der Waals surface area (Å²) in [5, 5.41) is 13.0. The van der Waals surface area contributed by atoms with Crippen molar-refractivity contribution >= 4 is 17.1 Å². The number of hydrogen-bond acceptors (Lipinski definition) is 4. The van der Waals surface area contributed by atoms with E-state index in [4.69, 9.17) is 11.5 Å². The van der Waals surface area contributed by atoms with Crippen LogP contribution in [-0.2, 0) is 0 Å². The number of rotatable bonds is 5. The van der Waals surface area contributed by atoms with Gasteiger partial charge < -0.3 is 21.9 Å². The second-order valence-electron chi connectivity index (χ2n) is 4.25. The summed E-state index contributed by atoms with van der Waals surface area (Å²) in [6, 6.07) is 2.62. The molecule has 0 bridgehead atoms. The number of nitrogen functional groups attached to an aromatic ring is 2. The van der Waals surface area contributed by atoms with E-state index in [9.17, 15) is 9.50 Å². The first-order valence-electron chi connectivity index (χ1n) is 5.72. The van der Waals surface area contributed by atoms with Gasteiger partial charge in [0.25, 0.3) is 0 Å². The summed E-state index contributed by atoms with van der Waals surface area (Å²) in [5.74, 6) is -0.516. The largest absolute Gasteiger partial charge is 0.397 e. The molecule has 4 nitrogen and oxygen atoms in total. The second kappa shape index (κ2) is 5.23. The highest BCUT2D eigenvalue weighted by atomic mass is 19.1. The van der Waals surface area contributed by atoms with Crippen molar-refractivity contribution in [2.24, 2.45) is 0 Å². The van der Waals surface area contributed by atoms with Crippen molar-refractivity contribution in [2.45, 2.75) is 32.3 Å². The van der Waals surface area contributed by atoms with E-state index in [1.54, 1.807) is 0 Å². The summed E-state index contributed by atoms with van der Waals surface area (Å²) >= 11 is 0. The molecule has 0 saturated heterocycles. The van der Waals surface area contributed by atoms with Gasteiger partial charge in [-0.3, -0.25) is 0 Å². The van der Waals surface area contributed by atoms with Crippen LogP contribution in [0.2, 0.25) is 0 Å². The van der Waals surface area contributed by atoms with Crippen molar-refractivity contribution in [1.29, 1.82) is 0 Å². The number of aliphatic hydroxyl groups is 1. The Hall–Kier alpha value is -1.49. The number of nitrogens with one attached hydrogen (secondary N) is 1. The fourth-order valence-electron chi connectivity index (χ4n) is 1.52. The third-order valence-electron chi connectivity index (χ3n) is 3.09. The normalized spacial score (nSPS) is 11.5. The van der Waals surface area contributed by atoms with Crippen LogP contribution in [-0.4, -0.2) is 17.3 Å². The molecular weight excluding hydrogens is 221 g/mol. The minimum atomic E-state index is -0.801. The monoisotopic (exact) mass is 241 g/mol. The van der Waals surface area contributed by atoms with E-state index in [-0.39, 0.29) is 5.69 Å². The summed E-state index contributed by atoms with van der Waals surface area (Å²) < 4.78 is 13.3. The maximum absolute atomic E-state index is 13.3. The number of nitrogens with two attached hydrogens (primary N) is 2. The van der Waals surface area contributed by atoms with Crippen LogP contribution in [0, 0.1) is 5.82 Å². The van der Waals surface area contributed by atoms with E-state index in [0.717, 1.165) is 0 Å². The van der Waals surface area contributed by atoms with Gasteiger partial charge in [-0.2, -0.15) is 0 Å². The van der Waals surface area contributed by atoms with Crippen molar-refractivity contribution < 1.29 is 9.50 Å². The average Bonchev–Trinajstić information content (AvgIpc) is 2.32. The van der Waals surface area contributed by atoms with Crippen LogP contribution in [0.5, 0.6) is 0 Å². The van der Waals surface area contributed by atoms with E-state index < -0.39 is 11.4 Å². The molecule has 0 unspecified atom stereocenters. The third kappa shape index (κ3) is 3.23. The Labute approximate surface area is 101 Å². The summed E-state index contributed by atoms with van der Waals surface area (Å²) in [6.45, 7) is 4.13. The van der Waals surface area contributed by atoms with Gasteiger partial charge >= 0.3 is 0 Å². The fraction of sp³-hybridized carbons (Fsp3) is 0.500. The Morgan fingerprint density at radius 1 is 1.24 bits per heavy atom. The van der Waals surface area contributed by atoms with E-state index in [1.807, 2.05) is 13.8 Å². The van der Waals surface area contributed by atoms with E-state index in [0.29, 0.717) is 30.8 Å². The van der Waals surface area contributed by atoms with Gasteiger partial charge in [0.15, 0.2) is 0 Å². The zero-order valence-electron chi connectivity index (χ0n) is 10.3. The highest BCUT2D eigenvalue weighted by molar-refractivity contribution is 5.71. The molecule has 0 fully saturated rings. The van der Waals surface area contributed by atoms with Gasteiger partial charge in [0, 0.05) is 12.6 Å². The maximum atomic E-state index is 13.3. The molecule has 0 amide bonds. The van der Waals surface area contributed by atoms with Gasteiger partial charge in [-0.15, -0.1) is 0 Å². The Balaban J connectivity index is 2.79. The number of anilines is 3. The van der Waals surface area contributed by atoms with Gasteiger partial charge in [-0.05, 0) is 18.9 Å². The Morgan fingerprint density at radius 2 is 1.82 bits per heavy atom. The molecule has 0 atom stereocenters. The Morgan fingerprint density at radius 3 is 2.35 bits per heavy atom. The lowest BCUT2D eigenvalue weighted by Crippen LogP contribution is -2.35. The minimum Gasteiger partial charge on any atom is -0.397 e. The lowest BCUT2D eigenvalue weighted by atomic mass is 9.97. The van der Waals surface area contributed by atoms with Crippen LogP contribution in [0.1, 0.15) is 26.7 Å². The fourth-order valence-corrected chi connectivity index (χ4v) is 1.52. The topological polar surface area (TPSA) is 84.3 Å². The van der Waals surface area contributed by atoms with E-state index in [1.165, 1.54) is 12.1 Å². The molecule has 0 aromatic heterocycles. The molecule has 0 radical (unpaired) electrons. The molecule has 17 heavy (non-hydrogen) atoms. The molecule has 0 spiro atoms. The molecule has 5 heteroatoms. The number of halogens is 1. The van der Waals surface area contributed by atoms with Gasteiger partial charge in [0.05, 0.1) is 22.7 Å². The molecule has 0 aliphatic carbocycles. The molecule has 0 aliphatic heterocycles.